The lowest BCUT2D eigenvalue weighted by Gasteiger charge is -2.36. The number of para-hydroxylation sites is 1. The molecule has 2 aromatic carbocycles. The molecule has 0 N–H and O–H groups in total. The zero-order valence-electron chi connectivity index (χ0n) is 13.5. The highest BCUT2D eigenvalue weighted by atomic mass is 15.6. The molecule has 0 atom stereocenters. The van der Waals surface area contributed by atoms with Gasteiger partial charge in [0.1, 0.15) is 0 Å². The number of rotatable bonds is 4. The van der Waals surface area contributed by atoms with Crippen molar-refractivity contribution in [1.29, 1.82) is 0 Å². The van der Waals surface area contributed by atoms with Gasteiger partial charge in [-0.05, 0) is 28.1 Å². The average Bonchev–Trinajstić information content (AvgIpc) is 3.11. The molecule has 0 amide bonds. The molecule has 24 heavy (non-hydrogen) atoms. The van der Waals surface area contributed by atoms with Crippen LogP contribution in [0.25, 0.3) is 0 Å². The highest BCUT2D eigenvalue weighted by Crippen LogP contribution is 2.18. The standard InChI is InChI=1S/C18H20N6/c1-3-7-16(8-4-1)15-24-18(19-20-21-24)23-13-11-22(12-14-23)17-9-5-2-6-10-17/h1-10H,11-15H2. The van der Waals surface area contributed by atoms with E-state index in [0.717, 1.165) is 32.1 Å². The van der Waals surface area contributed by atoms with Crippen molar-refractivity contribution in [3.63, 3.8) is 0 Å². The van der Waals surface area contributed by atoms with E-state index in [-0.39, 0.29) is 0 Å². The first-order chi connectivity index (χ1) is 11.9. The smallest absolute Gasteiger partial charge is 0.245 e. The Bertz CT molecular complexity index is 762. The van der Waals surface area contributed by atoms with Gasteiger partial charge in [-0.15, -0.1) is 0 Å². The summed E-state index contributed by atoms with van der Waals surface area (Å²) in [5, 5.41) is 12.3. The first-order valence-electron chi connectivity index (χ1n) is 8.25. The molecule has 0 bridgehead atoms. The highest BCUT2D eigenvalue weighted by molar-refractivity contribution is 5.48. The van der Waals surface area contributed by atoms with E-state index in [4.69, 9.17) is 0 Å². The van der Waals surface area contributed by atoms with Crippen LogP contribution in [0.1, 0.15) is 5.56 Å². The topological polar surface area (TPSA) is 50.1 Å². The summed E-state index contributed by atoms with van der Waals surface area (Å²) in [6.45, 7) is 4.49. The monoisotopic (exact) mass is 320 g/mol. The zero-order valence-corrected chi connectivity index (χ0v) is 13.5. The molecule has 6 nitrogen and oxygen atoms in total. The van der Waals surface area contributed by atoms with Crippen LogP contribution in [0.2, 0.25) is 0 Å². The predicted molar refractivity (Wildman–Crippen MR) is 94.2 cm³/mol. The SMILES string of the molecule is c1ccc(Cn2nnnc2N2CCN(c3ccccc3)CC2)cc1. The molecule has 3 aromatic rings. The highest BCUT2D eigenvalue weighted by Gasteiger charge is 2.21. The molecule has 1 fully saturated rings. The summed E-state index contributed by atoms with van der Waals surface area (Å²) < 4.78 is 1.88. The van der Waals surface area contributed by atoms with Gasteiger partial charge in [-0.25, -0.2) is 4.68 Å². The van der Waals surface area contributed by atoms with Gasteiger partial charge in [0, 0.05) is 31.9 Å². The van der Waals surface area contributed by atoms with Gasteiger partial charge in [0.15, 0.2) is 0 Å². The zero-order chi connectivity index (χ0) is 16.2. The number of piperazine rings is 1. The van der Waals surface area contributed by atoms with Gasteiger partial charge >= 0.3 is 0 Å². The third-order valence-electron chi connectivity index (χ3n) is 4.37. The Balaban J connectivity index is 1.44. The Hall–Kier alpha value is -2.89. The lowest BCUT2D eigenvalue weighted by atomic mass is 10.2. The van der Waals surface area contributed by atoms with Crippen LogP contribution < -0.4 is 9.80 Å². The number of anilines is 2. The van der Waals surface area contributed by atoms with Crippen molar-refractivity contribution >= 4 is 11.6 Å². The van der Waals surface area contributed by atoms with Crippen LogP contribution in [-0.4, -0.2) is 46.4 Å². The van der Waals surface area contributed by atoms with Crippen molar-refractivity contribution in [3.8, 4) is 0 Å². The minimum Gasteiger partial charge on any atom is -0.368 e. The first kappa shape index (κ1) is 14.7. The van der Waals surface area contributed by atoms with E-state index in [9.17, 15) is 0 Å². The van der Waals surface area contributed by atoms with E-state index < -0.39 is 0 Å². The maximum Gasteiger partial charge on any atom is 0.245 e. The second kappa shape index (κ2) is 6.70. The van der Waals surface area contributed by atoms with Gasteiger partial charge in [-0.2, -0.15) is 0 Å². The van der Waals surface area contributed by atoms with Crippen LogP contribution in [0.15, 0.2) is 60.7 Å². The summed E-state index contributed by atoms with van der Waals surface area (Å²) in [6.07, 6.45) is 0. The molecule has 0 aliphatic carbocycles. The van der Waals surface area contributed by atoms with Gasteiger partial charge in [-0.3, -0.25) is 0 Å². The van der Waals surface area contributed by atoms with E-state index in [0.29, 0.717) is 6.54 Å². The molecule has 1 aromatic heterocycles. The van der Waals surface area contributed by atoms with Gasteiger partial charge in [0.05, 0.1) is 6.54 Å². The third kappa shape index (κ3) is 3.08. The van der Waals surface area contributed by atoms with Gasteiger partial charge < -0.3 is 9.80 Å². The van der Waals surface area contributed by atoms with Crippen LogP contribution in [0.5, 0.6) is 0 Å². The fraction of sp³-hybridized carbons (Fsp3) is 0.278. The molecule has 0 radical (unpaired) electrons. The van der Waals surface area contributed by atoms with Gasteiger partial charge in [-0.1, -0.05) is 53.6 Å². The predicted octanol–water partition coefficient (Wildman–Crippen LogP) is 2.05. The average molecular weight is 320 g/mol. The molecule has 1 aliphatic heterocycles. The number of tetrazole rings is 1. The maximum absolute atomic E-state index is 4.24. The van der Waals surface area contributed by atoms with Crippen LogP contribution in [0.4, 0.5) is 11.6 Å². The van der Waals surface area contributed by atoms with Crippen molar-refractivity contribution in [2.45, 2.75) is 6.54 Å². The number of hydrogen-bond acceptors (Lipinski definition) is 5. The van der Waals surface area contributed by atoms with Crippen molar-refractivity contribution in [3.05, 3.63) is 66.2 Å². The summed E-state index contributed by atoms with van der Waals surface area (Å²) in [4.78, 5) is 4.67. The van der Waals surface area contributed by atoms with E-state index >= 15 is 0 Å². The van der Waals surface area contributed by atoms with Crippen molar-refractivity contribution in [2.24, 2.45) is 0 Å². The number of aromatic nitrogens is 4. The van der Waals surface area contributed by atoms with Crippen LogP contribution in [-0.2, 0) is 6.54 Å². The second-order valence-corrected chi connectivity index (χ2v) is 5.93. The van der Waals surface area contributed by atoms with Gasteiger partial charge in [0.25, 0.3) is 0 Å². The van der Waals surface area contributed by atoms with Crippen molar-refractivity contribution < 1.29 is 0 Å². The Kier molecular flexibility index (Phi) is 4.10. The molecular weight excluding hydrogens is 300 g/mol. The normalized spacial score (nSPS) is 14.8. The maximum atomic E-state index is 4.24. The third-order valence-corrected chi connectivity index (χ3v) is 4.37. The van der Waals surface area contributed by atoms with E-state index in [2.05, 4.69) is 67.8 Å². The molecule has 122 valence electrons. The van der Waals surface area contributed by atoms with Crippen molar-refractivity contribution in [2.75, 3.05) is 36.0 Å². The number of hydrogen-bond donors (Lipinski definition) is 0. The Morgan fingerprint density at radius 2 is 1.38 bits per heavy atom. The van der Waals surface area contributed by atoms with Crippen LogP contribution >= 0.6 is 0 Å². The quantitative estimate of drug-likeness (QED) is 0.736. The Labute approximate surface area is 141 Å². The molecule has 1 aliphatic rings. The number of benzene rings is 2. The molecule has 2 heterocycles. The summed E-state index contributed by atoms with van der Waals surface area (Å²) in [7, 11) is 0. The number of nitrogens with zero attached hydrogens (tertiary/aromatic N) is 6. The van der Waals surface area contributed by atoms with E-state index in [1.807, 2.05) is 22.9 Å². The minimum absolute atomic E-state index is 0.697. The first-order valence-corrected chi connectivity index (χ1v) is 8.25. The molecule has 0 saturated carbocycles. The van der Waals surface area contributed by atoms with Crippen LogP contribution in [0.3, 0.4) is 0 Å². The van der Waals surface area contributed by atoms with E-state index in [1.54, 1.807) is 0 Å². The van der Waals surface area contributed by atoms with E-state index in [1.165, 1.54) is 11.3 Å². The molecule has 0 unspecified atom stereocenters. The molecule has 1 saturated heterocycles. The lowest BCUT2D eigenvalue weighted by Crippen LogP contribution is -2.47. The summed E-state index contributed by atoms with van der Waals surface area (Å²) in [5.41, 5.74) is 2.48. The molecule has 4 rings (SSSR count). The largest absolute Gasteiger partial charge is 0.368 e. The summed E-state index contributed by atoms with van der Waals surface area (Å²) in [6, 6.07) is 20.8. The second-order valence-electron chi connectivity index (χ2n) is 5.93. The summed E-state index contributed by atoms with van der Waals surface area (Å²) >= 11 is 0. The Morgan fingerprint density at radius 1 is 0.750 bits per heavy atom. The fourth-order valence-electron chi connectivity index (χ4n) is 3.09. The summed E-state index contributed by atoms with van der Waals surface area (Å²) in [5.74, 6) is 0.853. The van der Waals surface area contributed by atoms with Crippen molar-refractivity contribution in [1.82, 2.24) is 20.2 Å². The molecular formula is C18H20N6. The molecule has 0 spiro atoms. The minimum atomic E-state index is 0.697. The van der Waals surface area contributed by atoms with Crippen LogP contribution in [0, 0.1) is 0 Å². The molecule has 6 heteroatoms. The Morgan fingerprint density at radius 3 is 2.08 bits per heavy atom. The lowest BCUT2D eigenvalue weighted by molar-refractivity contribution is 0.596. The van der Waals surface area contributed by atoms with Gasteiger partial charge in [0.2, 0.25) is 5.95 Å². The fourth-order valence-corrected chi connectivity index (χ4v) is 3.09.